The molecule has 240 valence electrons. The fourth-order valence-electron chi connectivity index (χ4n) is 7.70. The van der Waals surface area contributed by atoms with Crippen LogP contribution in [-0.4, -0.2) is 63.0 Å². The van der Waals surface area contributed by atoms with E-state index in [2.05, 4.69) is 21.7 Å². The van der Waals surface area contributed by atoms with Crippen LogP contribution in [0, 0.1) is 25.1 Å². The second-order valence-electron chi connectivity index (χ2n) is 14.2. The van der Waals surface area contributed by atoms with Gasteiger partial charge in [0.15, 0.2) is 0 Å². The highest BCUT2D eigenvalue weighted by Gasteiger charge is 2.42. The minimum Gasteiger partial charge on any atom is -0.336 e. The Hall–Kier alpha value is -3.72. The van der Waals surface area contributed by atoms with Gasteiger partial charge in [-0.25, -0.2) is 14.2 Å². The number of rotatable bonds is 7. The van der Waals surface area contributed by atoms with Crippen LogP contribution < -0.4 is 10.2 Å². The Morgan fingerprint density at radius 3 is 2.29 bits per heavy atom. The molecule has 2 aromatic carbocycles. The van der Waals surface area contributed by atoms with Crippen molar-refractivity contribution in [2.24, 2.45) is 5.41 Å². The molecule has 2 saturated heterocycles. The molecule has 0 spiro atoms. The molecule has 0 aliphatic carbocycles. The number of imidazole rings is 1. The Morgan fingerprint density at radius 2 is 1.64 bits per heavy atom. The van der Waals surface area contributed by atoms with Gasteiger partial charge in [0.1, 0.15) is 11.6 Å². The SMILES string of the molecule is Cc1ccc(NC(=O)N(CCCN2C3CCC2CC(n2c(C)nc4c2CCN(C(=O)C(C)(C)C)C4)C3)c2ccc(F)cc2)cc1. The van der Waals surface area contributed by atoms with Gasteiger partial charge in [-0.15, -0.1) is 0 Å². The molecule has 9 heteroatoms. The van der Waals surface area contributed by atoms with Crippen LogP contribution in [0.15, 0.2) is 48.5 Å². The maximum atomic E-state index is 13.7. The minimum absolute atomic E-state index is 0.192. The van der Waals surface area contributed by atoms with Gasteiger partial charge in [0.2, 0.25) is 5.91 Å². The Labute approximate surface area is 266 Å². The number of amides is 3. The van der Waals surface area contributed by atoms with Crippen molar-refractivity contribution < 1.29 is 14.0 Å². The number of halogens is 1. The summed E-state index contributed by atoms with van der Waals surface area (Å²) in [5.41, 5.74) is 4.55. The number of urea groups is 1. The molecule has 1 N–H and O–H groups in total. The number of aryl methyl sites for hydroxylation is 2. The van der Waals surface area contributed by atoms with Crippen LogP contribution in [0.4, 0.5) is 20.6 Å². The van der Waals surface area contributed by atoms with E-state index in [0.29, 0.717) is 36.9 Å². The first-order valence-electron chi connectivity index (χ1n) is 16.5. The van der Waals surface area contributed by atoms with Crippen LogP contribution in [0.1, 0.15) is 81.7 Å². The summed E-state index contributed by atoms with van der Waals surface area (Å²) >= 11 is 0. The van der Waals surface area contributed by atoms with Crippen molar-refractivity contribution in [3.05, 3.63) is 77.1 Å². The Balaban J connectivity index is 1.10. The molecular weight excluding hydrogens is 567 g/mol. The molecule has 3 aliphatic heterocycles. The van der Waals surface area contributed by atoms with Crippen LogP contribution in [0.3, 0.4) is 0 Å². The molecule has 2 bridgehead atoms. The van der Waals surface area contributed by atoms with Crippen molar-refractivity contribution >= 4 is 23.3 Å². The summed E-state index contributed by atoms with van der Waals surface area (Å²) in [4.78, 5) is 37.7. The predicted molar refractivity (Wildman–Crippen MR) is 176 cm³/mol. The number of nitrogens with one attached hydrogen (secondary N) is 1. The van der Waals surface area contributed by atoms with E-state index in [0.717, 1.165) is 61.5 Å². The third kappa shape index (κ3) is 6.64. The van der Waals surface area contributed by atoms with Crippen molar-refractivity contribution in [3.63, 3.8) is 0 Å². The van der Waals surface area contributed by atoms with Gasteiger partial charge in [-0.1, -0.05) is 38.5 Å². The summed E-state index contributed by atoms with van der Waals surface area (Å²) in [6, 6.07) is 15.1. The van der Waals surface area contributed by atoms with Gasteiger partial charge in [-0.2, -0.15) is 0 Å². The highest BCUT2D eigenvalue weighted by molar-refractivity contribution is 6.01. The van der Waals surface area contributed by atoms with Crippen molar-refractivity contribution in [2.45, 2.75) is 97.8 Å². The number of fused-ring (bicyclic) bond motifs is 3. The summed E-state index contributed by atoms with van der Waals surface area (Å²) in [6.07, 6.45) is 6.27. The molecule has 1 aromatic heterocycles. The summed E-state index contributed by atoms with van der Waals surface area (Å²) in [5.74, 6) is 0.942. The molecule has 3 aliphatic rings. The van der Waals surface area contributed by atoms with Crippen LogP contribution in [0.25, 0.3) is 0 Å². The van der Waals surface area contributed by atoms with Crippen LogP contribution in [0.5, 0.6) is 0 Å². The molecule has 2 unspecified atom stereocenters. The zero-order chi connectivity index (χ0) is 31.9. The third-order valence-corrected chi connectivity index (χ3v) is 9.87. The summed E-state index contributed by atoms with van der Waals surface area (Å²) in [6.45, 7) is 12.9. The van der Waals surface area contributed by atoms with Crippen LogP contribution >= 0.6 is 0 Å². The molecular formula is C36H47FN6O2. The van der Waals surface area contributed by atoms with Gasteiger partial charge in [0.05, 0.1) is 12.2 Å². The van der Waals surface area contributed by atoms with Gasteiger partial charge in [0, 0.05) is 66.7 Å². The molecule has 0 saturated carbocycles. The molecule has 0 radical (unpaired) electrons. The number of piperidine rings is 1. The lowest BCUT2D eigenvalue weighted by Crippen LogP contribution is -2.46. The van der Waals surface area contributed by atoms with Gasteiger partial charge in [0.25, 0.3) is 0 Å². The Morgan fingerprint density at radius 1 is 0.978 bits per heavy atom. The maximum absolute atomic E-state index is 13.7. The lowest BCUT2D eigenvalue weighted by atomic mass is 9.93. The second-order valence-corrected chi connectivity index (χ2v) is 14.2. The lowest BCUT2D eigenvalue weighted by Gasteiger charge is -2.41. The van der Waals surface area contributed by atoms with Gasteiger partial charge >= 0.3 is 6.03 Å². The number of benzene rings is 2. The van der Waals surface area contributed by atoms with E-state index in [1.165, 1.54) is 30.7 Å². The average Bonchev–Trinajstić information content (AvgIpc) is 3.45. The van der Waals surface area contributed by atoms with Crippen LogP contribution in [-0.2, 0) is 17.8 Å². The number of hydrogen-bond acceptors (Lipinski definition) is 4. The fraction of sp³-hybridized carbons (Fsp3) is 0.528. The summed E-state index contributed by atoms with van der Waals surface area (Å²) in [7, 11) is 0. The highest BCUT2D eigenvalue weighted by atomic mass is 19.1. The number of hydrogen-bond donors (Lipinski definition) is 1. The lowest BCUT2D eigenvalue weighted by molar-refractivity contribution is -0.140. The first-order valence-corrected chi connectivity index (χ1v) is 16.5. The van der Waals surface area contributed by atoms with E-state index in [4.69, 9.17) is 4.98 Å². The smallest absolute Gasteiger partial charge is 0.326 e. The second kappa shape index (κ2) is 12.6. The number of aromatic nitrogens is 2. The quantitative estimate of drug-likeness (QED) is 0.315. The maximum Gasteiger partial charge on any atom is 0.326 e. The topological polar surface area (TPSA) is 73.7 Å². The molecule has 3 amide bonds. The van der Waals surface area contributed by atoms with E-state index < -0.39 is 0 Å². The van der Waals surface area contributed by atoms with Crippen LogP contribution in [0.2, 0.25) is 0 Å². The number of nitrogens with zero attached hydrogens (tertiary/aromatic N) is 5. The van der Waals surface area contributed by atoms with E-state index in [-0.39, 0.29) is 23.2 Å². The minimum atomic E-state index is -0.387. The Bertz CT molecular complexity index is 1510. The van der Waals surface area contributed by atoms with Crippen molar-refractivity contribution in [1.82, 2.24) is 19.4 Å². The fourth-order valence-corrected chi connectivity index (χ4v) is 7.70. The zero-order valence-electron chi connectivity index (χ0n) is 27.4. The highest BCUT2D eigenvalue weighted by Crippen LogP contribution is 2.42. The molecule has 2 fully saturated rings. The first kappa shape index (κ1) is 31.3. The molecule has 6 rings (SSSR count). The van der Waals surface area contributed by atoms with Crippen molar-refractivity contribution in [2.75, 3.05) is 29.9 Å². The van der Waals surface area contributed by atoms with Gasteiger partial charge < -0.3 is 14.8 Å². The molecule has 8 nitrogen and oxygen atoms in total. The monoisotopic (exact) mass is 614 g/mol. The molecule has 2 atom stereocenters. The number of anilines is 2. The van der Waals surface area contributed by atoms with Gasteiger partial charge in [-0.05, 0) is 82.3 Å². The standard InChI is InChI=1S/C36H47FN6O2/c1-24-7-11-27(12-8-24)39-35(45)42(28-13-9-26(37)10-14-28)19-6-18-41-29-15-16-30(41)22-31(21-29)43-25(2)38-32-23-40(20-17-33(32)43)34(44)36(3,4)5/h7-14,29-31H,6,15-23H2,1-5H3,(H,39,45). The molecule has 4 heterocycles. The van der Waals surface area contributed by atoms with E-state index in [9.17, 15) is 14.0 Å². The van der Waals surface area contributed by atoms with Crippen molar-refractivity contribution in [1.29, 1.82) is 0 Å². The predicted octanol–water partition coefficient (Wildman–Crippen LogP) is 6.87. The molecule has 3 aromatic rings. The number of carbonyl (C=O) groups excluding carboxylic acids is 2. The first-order chi connectivity index (χ1) is 21.5. The van der Waals surface area contributed by atoms with E-state index in [1.807, 2.05) is 56.9 Å². The Kier molecular flexibility index (Phi) is 8.74. The summed E-state index contributed by atoms with van der Waals surface area (Å²) in [5, 5.41) is 3.02. The largest absolute Gasteiger partial charge is 0.336 e. The van der Waals surface area contributed by atoms with E-state index >= 15 is 0 Å². The van der Waals surface area contributed by atoms with Gasteiger partial charge in [-0.3, -0.25) is 14.6 Å². The van der Waals surface area contributed by atoms with E-state index in [1.54, 1.807) is 17.0 Å². The number of carbonyl (C=O) groups is 2. The summed E-state index contributed by atoms with van der Waals surface area (Å²) < 4.78 is 16.2. The van der Waals surface area contributed by atoms with Crippen molar-refractivity contribution in [3.8, 4) is 0 Å². The zero-order valence-corrected chi connectivity index (χ0v) is 27.4. The normalized spacial score (nSPS) is 21.5. The molecule has 45 heavy (non-hydrogen) atoms. The third-order valence-electron chi connectivity index (χ3n) is 9.87. The average molecular weight is 615 g/mol.